The Labute approximate surface area is 200 Å². The minimum Gasteiger partial charge on any atom is -0.486 e. The maximum Gasteiger partial charge on any atom is 0.262 e. The number of fused-ring (bicyclic) bond motifs is 1. The molecule has 3 rings (SSSR count). The molecule has 0 radical (unpaired) electrons. The van der Waals surface area contributed by atoms with E-state index in [0.717, 1.165) is 0 Å². The lowest BCUT2D eigenvalue weighted by atomic mass is 9.99. The number of ether oxygens (including phenoxy) is 1. The number of nitrogens with zero attached hydrogens (tertiary/aromatic N) is 2. The van der Waals surface area contributed by atoms with E-state index in [2.05, 4.69) is 4.72 Å². The van der Waals surface area contributed by atoms with Gasteiger partial charge in [-0.3, -0.25) is 9.52 Å². The summed E-state index contributed by atoms with van der Waals surface area (Å²) in [4.78, 5) is 17.1. The molecule has 0 fully saturated rings. The Balaban J connectivity index is 2.09. The van der Waals surface area contributed by atoms with Gasteiger partial charge >= 0.3 is 0 Å². The minimum absolute atomic E-state index is 0.0374. The second-order valence-electron chi connectivity index (χ2n) is 8.63. The van der Waals surface area contributed by atoms with Crippen LogP contribution in [0.2, 0.25) is 5.02 Å². The SMILES string of the molecule is C[C@@H]1CN([C@H](C)CO)C(=O)c2cccc(NS(=O)(=O)c3ccc(Cl)cc3)c2O[C@@H]1CN(C)C. The normalized spacial score (nSPS) is 20.0. The second kappa shape index (κ2) is 10.3. The van der Waals surface area contributed by atoms with Crippen LogP contribution in [0.5, 0.6) is 5.75 Å². The van der Waals surface area contributed by atoms with Crippen molar-refractivity contribution < 1.29 is 23.1 Å². The number of hydrogen-bond donors (Lipinski definition) is 2. The molecule has 0 spiro atoms. The zero-order valence-corrected chi connectivity index (χ0v) is 20.7. The van der Waals surface area contributed by atoms with Crippen molar-refractivity contribution in [2.24, 2.45) is 5.92 Å². The van der Waals surface area contributed by atoms with Crippen LogP contribution in [-0.4, -0.2) is 75.2 Å². The van der Waals surface area contributed by atoms with E-state index in [4.69, 9.17) is 16.3 Å². The predicted molar refractivity (Wildman–Crippen MR) is 128 cm³/mol. The number of sulfonamides is 1. The van der Waals surface area contributed by atoms with Gasteiger partial charge in [-0.25, -0.2) is 8.42 Å². The summed E-state index contributed by atoms with van der Waals surface area (Å²) in [5, 5.41) is 10.2. The molecule has 1 aliphatic heterocycles. The largest absolute Gasteiger partial charge is 0.486 e. The number of likely N-dealkylation sites (N-methyl/N-ethyl adjacent to an activating group) is 1. The Morgan fingerprint density at radius 3 is 2.52 bits per heavy atom. The first-order valence-corrected chi connectivity index (χ1v) is 12.5. The Morgan fingerprint density at radius 2 is 1.91 bits per heavy atom. The second-order valence-corrected chi connectivity index (χ2v) is 10.7. The highest BCUT2D eigenvalue weighted by atomic mass is 35.5. The summed E-state index contributed by atoms with van der Waals surface area (Å²) in [7, 11) is -0.113. The van der Waals surface area contributed by atoms with Crippen molar-refractivity contribution in [2.75, 3.05) is 38.5 Å². The number of carbonyl (C=O) groups is 1. The first-order valence-electron chi connectivity index (χ1n) is 10.7. The average Bonchev–Trinajstić information content (AvgIpc) is 2.76. The summed E-state index contributed by atoms with van der Waals surface area (Å²) in [6.45, 7) is 4.54. The van der Waals surface area contributed by atoms with E-state index < -0.39 is 16.1 Å². The van der Waals surface area contributed by atoms with Crippen molar-refractivity contribution in [3.8, 4) is 5.75 Å². The molecule has 33 heavy (non-hydrogen) atoms. The van der Waals surface area contributed by atoms with Crippen LogP contribution in [0.1, 0.15) is 24.2 Å². The van der Waals surface area contributed by atoms with Gasteiger partial charge in [0.15, 0.2) is 5.75 Å². The van der Waals surface area contributed by atoms with Gasteiger partial charge in [0.2, 0.25) is 0 Å². The minimum atomic E-state index is -3.95. The maximum atomic E-state index is 13.4. The molecular formula is C23H30ClN3O5S. The fourth-order valence-electron chi connectivity index (χ4n) is 3.72. The van der Waals surface area contributed by atoms with Crippen LogP contribution in [0, 0.1) is 5.92 Å². The van der Waals surface area contributed by atoms with Crippen LogP contribution in [0.15, 0.2) is 47.4 Å². The molecule has 2 N–H and O–H groups in total. The number of rotatable bonds is 7. The van der Waals surface area contributed by atoms with Gasteiger partial charge < -0.3 is 19.6 Å². The quantitative estimate of drug-likeness (QED) is 0.612. The number of aliphatic hydroxyl groups is 1. The number of aliphatic hydroxyl groups excluding tert-OH is 1. The fraction of sp³-hybridized carbons (Fsp3) is 0.435. The van der Waals surface area contributed by atoms with Gasteiger partial charge in [-0.15, -0.1) is 0 Å². The lowest BCUT2D eigenvalue weighted by molar-refractivity contribution is 0.0366. The Bertz CT molecular complexity index is 1090. The van der Waals surface area contributed by atoms with E-state index in [1.807, 2.05) is 25.9 Å². The van der Waals surface area contributed by atoms with E-state index in [1.54, 1.807) is 30.0 Å². The van der Waals surface area contributed by atoms with Crippen LogP contribution in [-0.2, 0) is 10.0 Å². The highest BCUT2D eigenvalue weighted by molar-refractivity contribution is 7.92. The summed E-state index contributed by atoms with van der Waals surface area (Å²) in [5.74, 6) is -0.220. The van der Waals surface area contributed by atoms with Crippen LogP contribution in [0.4, 0.5) is 5.69 Å². The number of nitrogens with one attached hydrogen (secondary N) is 1. The van der Waals surface area contributed by atoms with E-state index in [-0.39, 0.29) is 46.4 Å². The van der Waals surface area contributed by atoms with Gasteiger partial charge in [0, 0.05) is 24.0 Å². The molecule has 0 aliphatic carbocycles. The van der Waals surface area contributed by atoms with Crippen molar-refractivity contribution in [3.63, 3.8) is 0 Å². The van der Waals surface area contributed by atoms with Crippen molar-refractivity contribution in [1.82, 2.24) is 9.80 Å². The van der Waals surface area contributed by atoms with E-state index in [0.29, 0.717) is 18.1 Å². The van der Waals surface area contributed by atoms with Gasteiger partial charge in [0.05, 0.1) is 28.8 Å². The summed E-state index contributed by atoms with van der Waals surface area (Å²) < 4.78 is 35.0. The van der Waals surface area contributed by atoms with Crippen LogP contribution in [0.25, 0.3) is 0 Å². The fourth-order valence-corrected chi connectivity index (χ4v) is 4.91. The van der Waals surface area contributed by atoms with Gasteiger partial charge in [0.1, 0.15) is 6.10 Å². The monoisotopic (exact) mass is 495 g/mol. The number of anilines is 1. The molecule has 180 valence electrons. The molecule has 1 heterocycles. The molecule has 2 aromatic carbocycles. The highest BCUT2D eigenvalue weighted by Crippen LogP contribution is 2.36. The Kier molecular flexibility index (Phi) is 7.89. The first kappa shape index (κ1) is 25.3. The third kappa shape index (κ3) is 5.78. The number of carbonyl (C=O) groups excluding carboxylic acids is 1. The average molecular weight is 496 g/mol. The molecule has 8 nitrogen and oxygen atoms in total. The first-order chi connectivity index (χ1) is 15.5. The molecule has 0 saturated heterocycles. The molecule has 1 aliphatic rings. The van der Waals surface area contributed by atoms with Gasteiger partial charge in [-0.05, 0) is 57.4 Å². The predicted octanol–water partition coefficient (Wildman–Crippen LogP) is 2.92. The number of benzene rings is 2. The topological polar surface area (TPSA) is 99.2 Å². The molecule has 0 unspecified atom stereocenters. The third-order valence-corrected chi connectivity index (χ3v) is 7.24. The summed E-state index contributed by atoms with van der Waals surface area (Å²) >= 11 is 5.89. The smallest absolute Gasteiger partial charge is 0.262 e. The lowest BCUT2D eigenvalue weighted by Crippen LogP contribution is -2.49. The molecule has 3 atom stereocenters. The van der Waals surface area contributed by atoms with Crippen molar-refractivity contribution in [1.29, 1.82) is 0 Å². The summed E-state index contributed by atoms with van der Waals surface area (Å²) in [6.07, 6.45) is -0.318. The van der Waals surface area contributed by atoms with E-state index >= 15 is 0 Å². The number of para-hydroxylation sites is 1. The van der Waals surface area contributed by atoms with Crippen LogP contribution in [0.3, 0.4) is 0 Å². The maximum absolute atomic E-state index is 13.4. The number of halogens is 1. The zero-order valence-electron chi connectivity index (χ0n) is 19.2. The van der Waals surface area contributed by atoms with Crippen molar-refractivity contribution in [2.45, 2.75) is 30.9 Å². The summed E-state index contributed by atoms with van der Waals surface area (Å²) in [6, 6.07) is 10.2. The zero-order chi connectivity index (χ0) is 24.3. The molecular weight excluding hydrogens is 466 g/mol. The van der Waals surface area contributed by atoms with Gasteiger partial charge in [-0.1, -0.05) is 24.6 Å². The lowest BCUT2D eigenvalue weighted by Gasteiger charge is -2.38. The summed E-state index contributed by atoms with van der Waals surface area (Å²) in [5.41, 5.74) is 0.410. The van der Waals surface area contributed by atoms with Gasteiger partial charge in [0.25, 0.3) is 15.9 Å². The number of amides is 1. The third-order valence-electron chi connectivity index (χ3n) is 5.60. The molecule has 1 amide bonds. The molecule has 0 aromatic heterocycles. The van der Waals surface area contributed by atoms with Crippen LogP contribution >= 0.6 is 11.6 Å². The molecule has 2 aromatic rings. The highest BCUT2D eigenvalue weighted by Gasteiger charge is 2.34. The molecule has 10 heteroatoms. The molecule has 0 bridgehead atoms. The van der Waals surface area contributed by atoms with Crippen LogP contribution < -0.4 is 9.46 Å². The van der Waals surface area contributed by atoms with E-state index in [9.17, 15) is 18.3 Å². The van der Waals surface area contributed by atoms with Gasteiger partial charge in [-0.2, -0.15) is 0 Å². The van der Waals surface area contributed by atoms with Crippen molar-refractivity contribution in [3.05, 3.63) is 53.1 Å². The van der Waals surface area contributed by atoms with Crippen molar-refractivity contribution >= 4 is 33.2 Å². The number of hydrogen-bond acceptors (Lipinski definition) is 6. The molecule has 0 saturated carbocycles. The Morgan fingerprint density at radius 1 is 1.24 bits per heavy atom. The van der Waals surface area contributed by atoms with E-state index in [1.165, 1.54) is 24.3 Å². The standard InChI is InChI=1S/C23H30ClN3O5S/c1-15-12-27(16(2)14-28)23(29)19-6-5-7-20(22(19)32-21(15)13-26(3)4)25-33(30,31)18-10-8-17(24)9-11-18/h5-11,15-16,21,25,28H,12-14H2,1-4H3/t15-,16-,21-/m1/s1. The Hall–Kier alpha value is -2.33.